The molecule has 1 aliphatic rings. The van der Waals surface area contributed by atoms with E-state index in [1.807, 2.05) is 6.92 Å². The molecule has 216 valence electrons. The minimum atomic E-state index is -1.07. The summed E-state index contributed by atoms with van der Waals surface area (Å²) in [6.45, 7) is 5.83. The number of allylic oxidation sites excluding steroid dienone is 1. The summed E-state index contributed by atoms with van der Waals surface area (Å²) >= 11 is 1.15. The van der Waals surface area contributed by atoms with Crippen molar-refractivity contribution in [2.24, 2.45) is 4.99 Å². The van der Waals surface area contributed by atoms with Gasteiger partial charge in [-0.15, -0.1) is 0 Å². The van der Waals surface area contributed by atoms with Crippen LogP contribution in [0.15, 0.2) is 80.1 Å². The predicted octanol–water partition coefficient (Wildman–Crippen LogP) is 4.16. The van der Waals surface area contributed by atoms with E-state index in [4.69, 9.17) is 18.6 Å². The van der Waals surface area contributed by atoms with Crippen LogP contribution in [0.4, 0.5) is 0 Å². The number of carbonyl (C=O) groups is 2. The molecule has 10 nitrogen and oxygen atoms in total. The zero-order valence-corrected chi connectivity index (χ0v) is 24.2. The first-order valence-electron chi connectivity index (χ1n) is 13.2. The molecule has 0 bridgehead atoms. The number of carboxylic acid groups (broad SMARTS) is 1. The molecule has 42 heavy (non-hydrogen) atoms. The fraction of sp³-hybridized carbons (Fsp3) is 0.226. The van der Waals surface area contributed by atoms with Crippen molar-refractivity contribution >= 4 is 29.4 Å². The van der Waals surface area contributed by atoms with Crippen molar-refractivity contribution in [1.29, 1.82) is 0 Å². The predicted molar refractivity (Wildman–Crippen MR) is 156 cm³/mol. The molecule has 0 aliphatic carbocycles. The van der Waals surface area contributed by atoms with Gasteiger partial charge in [0.15, 0.2) is 16.3 Å². The van der Waals surface area contributed by atoms with E-state index >= 15 is 0 Å². The highest BCUT2D eigenvalue weighted by Gasteiger charge is 2.34. The van der Waals surface area contributed by atoms with Gasteiger partial charge in [0, 0.05) is 11.6 Å². The Bertz CT molecular complexity index is 1900. The Morgan fingerprint density at radius 2 is 1.88 bits per heavy atom. The van der Waals surface area contributed by atoms with Crippen LogP contribution in [0.3, 0.4) is 0 Å². The van der Waals surface area contributed by atoms with E-state index in [0.717, 1.165) is 11.3 Å². The Morgan fingerprint density at radius 3 is 2.60 bits per heavy atom. The smallest absolute Gasteiger partial charge is 0.338 e. The van der Waals surface area contributed by atoms with Crippen molar-refractivity contribution in [2.45, 2.75) is 26.8 Å². The second-order valence-corrected chi connectivity index (χ2v) is 10.2. The van der Waals surface area contributed by atoms with Gasteiger partial charge >= 0.3 is 11.9 Å². The number of fused-ring (bicyclic) bond motifs is 1. The lowest BCUT2D eigenvalue weighted by Crippen LogP contribution is -2.39. The summed E-state index contributed by atoms with van der Waals surface area (Å²) in [6, 6.07) is 14.3. The Balaban J connectivity index is 1.66. The minimum Gasteiger partial charge on any atom is -0.493 e. The third-order valence-electron chi connectivity index (χ3n) is 6.64. The number of benzene rings is 2. The van der Waals surface area contributed by atoms with Crippen molar-refractivity contribution in [3.8, 4) is 22.8 Å². The molecule has 0 spiro atoms. The lowest BCUT2D eigenvalue weighted by atomic mass is 9.95. The zero-order chi connectivity index (χ0) is 30.0. The van der Waals surface area contributed by atoms with Crippen LogP contribution < -0.4 is 24.4 Å². The fourth-order valence-corrected chi connectivity index (χ4v) is 5.85. The summed E-state index contributed by atoms with van der Waals surface area (Å²) in [7, 11) is 1.54. The lowest BCUT2D eigenvalue weighted by molar-refractivity contribution is -0.139. The quantitative estimate of drug-likeness (QED) is 0.289. The average Bonchev–Trinajstić information content (AvgIpc) is 3.56. The maximum absolute atomic E-state index is 13.9. The number of nitrogens with zero attached hydrogens (tertiary/aromatic N) is 2. The maximum atomic E-state index is 13.9. The molecule has 0 fully saturated rings. The van der Waals surface area contributed by atoms with Crippen LogP contribution in [-0.2, 0) is 9.53 Å². The molecule has 0 saturated carbocycles. The number of aromatic carboxylic acids is 1. The molecular formula is C31H28N2O8S. The van der Waals surface area contributed by atoms with Crippen molar-refractivity contribution < 1.29 is 33.3 Å². The second-order valence-electron chi connectivity index (χ2n) is 9.20. The van der Waals surface area contributed by atoms with Gasteiger partial charge in [0.2, 0.25) is 0 Å². The van der Waals surface area contributed by atoms with Crippen molar-refractivity contribution in [3.63, 3.8) is 0 Å². The van der Waals surface area contributed by atoms with Gasteiger partial charge in [-0.3, -0.25) is 9.36 Å². The summed E-state index contributed by atoms with van der Waals surface area (Å²) in [6.07, 6.45) is 1.58. The molecule has 2 aromatic carbocycles. The number of rotatable bonds is 9. The van der Waals surface area contributed by atoms with Gasteiger partial charge in [0.1, 0.15) is 11.5 Å². The highest BCUT2D eigenvalue weighted by Crippen LogP contribution is 2.36. The summed E-state index contributed by atoms with van der Waals surface area (Å²) in [5, 5.41) is 9.56. The number of thiazole rings is 1. The first-order valence-corrected chi connectivity index (χ1v) is 14.0. The summed E-state index contributed by atoms with van der Waals surface area (Å²) in [4.78, 5) is 43.8. The van der Waals surface area contributed by atoms with Crippen LogP contribution in [0.5, 0.6) is 11.5 Å². The van der Waals surface area contributed by atoms with E-state index in [-0.39, 0.29) is 23.3 Å². The first kappa shape index (κ1) is 28.6. The van der Waals surface area contributed by atoms with Gasteiger partial charge in [0.25, 0.3) is 5.56 Å². The maximum Gasteiger partial charge on any atom is 0.338 e. The Labute approximate surface area is 244 Å². The van der Waals surface area contributed by atoms with Gasteiger partial charge in [-0.1, -0.05) is 35.6 Å². The summed E-state index contributed by atoms with van der Waals surface area (Å²) < 4.78 is 24.3. The zero-order valence-electron chi connectivity index (χ0n) is 23.4. The van der Waals surface area contributed by atoms with Crippen LogP contribution in [0, 0.1) is 0 Å². The number of aromatic nitrogens is 1. The van der Waals surface area contributed by atoms with Gasteiger partial charge in [-0.05, 0) is 56.7 Å². The van der Waals surface area contributed by atoms with Gasteiger partial charge in [-0.2, -0.15) is 0 Å². The van der Waals surface area contributed by atoms with Crippen LogP contribution in [-0.4, -0.2) is 41.9 Å². The van der Waals surface area contributed by atoms with Crippen LogP contribution in [0.25, 0.3) is 17.4 Å². The largest absolute Gasteiger partial charge is 0.493 e. The molecule has 0 amide bonds. The van der Waals surface area contributed by atoms with E-state index in [2.05, 4.69) is 4.99 Å². The number of carboxylic acids is 1. The topological polar surface area (TPSA) is 130 Å². The molecule has 4 aromatic rings. The van der Waals surface area contributed by atoms with Crippen LogP contribution in [0.2, 0.25) is 0 Å². The molecule has 1 N–H and O–H groups in total. The molecule has 1 aliphatic heterocycles. The SMILES string of the molecule is CCOC(=O)C1=C(C)N=c2s/c(=C\c3ccc(-c4ccccc4C(=O)O)o3)c(=O)n2[C@@H]1c1ccc(OC)c(OCC)c1. The Kier molecular flexibility index (Phi) is 8.12. The number of methoxy groups -OCH3 is 1. The van der Waals surface area contributed by atoms with Gasteiger partial charge < -0.3 is 23.7 Å². The molecule has 1 atom stereocenters. The fourth-order valence-electron chi connectivity index (χ4n) is 4.83. The molecule has 2 aromatic heterocycles. The van der Waals surface area contributed by atoms with E-state index in [1.54, 1.807) is 68.5 Å². The normalized spacial score (nSPS) is 14.8. The molecule has 0 radical (unpaired) electrons. The van der Waals surface area contributed by atoms with E-state index in [1.165, 1.54) is 17.7 Å². The van der Waals surface area contributed by atoms with Crippen LogP contribution >= 0.6 is 11.3 Å². The molecule has 0 saturated heterocycles. The Hall–Kier alpha value is -4.90. The lowest BCUT2D eigenvalue weighted by Gasteiger charge is -2.25. The minimum absolute atomic E-state index is 0.102. The second kappa shape index (κ2) is 11.9. The van der Waals surface area contributed by atoms with Gasteiger partial charge in [0.05, 0.1) is 47.7 Å². The van der Waals surface area contributed by atoms with Crippen molar-refractivity contribution in [2.75, 3.05) is 20.3 Å². The summed E-state index contributed by atoms with van der Waals surface area (Å²) in [5.74, 6) is 0.0606. The Morgan fingerprint density at radius 1 is 1.10 bits per heavy atom. The van der Waals surface area contributed by atoms with Gasteiger partial charge in [-0.25, -0.2) is 14.6 Å². The molecule has 5 rings (SSSR count). The number of hydrogen-bond donors (Lipinski definition) is 1. The third kappa shape index (κ3) is 5.26. The number of furan rings is 1. The molecule has 11 heteroatoms. The number of carbonyl (C=O) groups excluding carboxylic acids is 1. The van der Waals surface area contributed by atoms with E-state index < -0.39 is 18.0 Å². The van der Waals surface area contributed by atoms with E-state index in [9.17, 15) is 19.5 Å². The average molecular weight is 589 g/mol. The summed E-state index contributed by atoms with van der Waals surface area (Å²) in [5.41, 5.74) is 1.45. The highest BCUT2D eigenvalue weighted by atomic mass is 32.1. The van der Waals surface area contributed by atoms with Crippen LogP contribution in [0.1, 0.15) is 48.5 Å². The monoisotopic (exact) mass is 588 g/mol. The number of ether oxygens (including phenoxy) is 3. The third-order valence-corrected chi connectivity index (χ3v) is 7.63. The van der Waals surface area contributed by atoms with Crippen molar-refractivity contribution in [1.82, 2.24) is 4.57 Å². The number of hydrogen-bond acceptors (Lipinski definition) is 9. The van der Waals surface area contributed by atoms with E-state index in [0.29, 0.717) is 55.8 Å². The molecular weight excluding hydrogens is 560 g/mol. The molecule has 3 heterocycles. The highest BCUT2D eigenvalue weighted by molar-refractivity contribution is 7.07. The molecule has 0 unspecified atom stereocenters. The first-order chi connectivity index (χ1) is 20.3. The number of esters is 1. The van der Waals surface area contributed by atoms with Crippen molar-refractivity contribution in [3.05, 3.63) is 102 Å². The standard InChI is InChI=1S/C31H28N2O8S/c1-5-39-24-15-18(11-13-23(24)38-4)27-26(30(37)40-6-2)17(3)32-31-33(27)28(34)25(42-31)16-19-12-14-22(41-19)20-9-7-8-10-21(20)29(35)36/h7-16,27H,5-6H2,1-4H3,(H,35,36)/b25-16-/t27-/m1/s1.